The Hall–Kier alpha value is -2.66. The third-order valence-corrected chi connectivity index (χ3v) is 6.08. The molecule has 6 heteroatoms. The first-order valence-corrected chi connectivity index (χ1v) is 9.42. The van der Waals surface area contributed by atoms with Crippen LogP contribution in [0.2, 0.25) is 5.02 Å². The van der Waals surface area contributed by atoms with Crippen LogP contribution in [0.5, 0.6) is 0 Å². The van der Waals surface area contributed by atoms with Crippen LogP contribution >= 0.6 is 11.6 Å². The van der Waals surface area contributed by atoms with Crippen LogP contribution < -0.4 is 5.56 Å². The predicted molar refractivity (Wildman–Crippen MR) is 104 cm³/mol. The van der Waals surface area contributed by atoms with Crippen LogP contribution in [0.3, 0.4) is 0 Å². The van der Waals surface area contributed by atoms with Crippen molar-refractivity contribution in [2.24, 2.45) is 5.41 Å². The van der Waals surface area contributed by atoms with Gasteiger partial charge in [0.15, 0.2) is 0 Å². The maximum atomic E-state index is 13.2. The summed E-state index contributed by atoms with van der Waals surface area (Å²) in [5, 5.41) is 10.2. The highest BCUT2D eigenvalue weighted by molar-refractivity contribution is 6.30. The quantitative estimate of drug-likeness (QED) is 0.859. The van der Waals surface area contributed by atoms with Crippen molar-refractivity contribution >= 4 is 35.3 Å². The van der Waals surface area contributed by atoms with Crippen LogP contribution in [0.15, 0.2) is 35.1 Å². The molecule has 1 fully saturated rings. The maximum absolute atomic E-state index is 13.2. The van der Waals surface area contributed by atoms with E-state index in [-0.39, 0.29) is 11.6 Å². The van der Waals surface area contributed by atoms with Gasteiger partial charge in [0, 0.05) is 10.6 Å². The van der Waals surface area contributed by atoms with Gasteiger partial charge in [-0.2, -0.15) is 0 Å². The number of nitrogens with zero attached hydrogens (tertiary/aromatic N) is 2. The lowest BCUT2D eigenvalue weighted by Crippen LogP contribution is -2.33. The molecular formula is C21H17ClN2O3. The van der Waals surface area contributed by atoms with Gasteiger partial charge in [0.1, 0.15) is 11.2 Å². The lowest BCUT2D eigenvalue weighted by atomic mass is 9.90. The van der Waals surface area contributed by atoms with E-state index < -0.39 is 11.4 Å². The number of fused-ring (bicyclic) bond motifs is 4. The molecule has 2 heterocycles. The summed E-state index contributed by atoms with van der Waals surface area (Å²) in [6.45, 7) is 0. The molecule has 3 aliphatic rings. The molecule has 136 valence electrons. The van der Waals surface area contributed by atoms with E-state index in [9.17, 15) is 14.7 Å². The monoisotopic (exact) mass is 380 g/mol. The normalized spacial score (nSPS) is 26.3. The van der Waals surface area contributed by atoms with Gasteiger partial charge in [-0.05, 0) is 61.1 Å². The molecule has 0 saturated heterocycles. The van der Waals surface area contributed by atoms with E-state index >= 15 is 0 Å². The molecule has 2 aromatic rings. The lowest BCUT2D eigenvalue weighted by molar-refractivity contribution is -0.141. The van der Waals surface area contributed by atoms with Crippen LogP contribution in [0.25, 0.3) is 17.7 Å². The number of carbonyl (C=O) groups is 1. The average molecular weight is 381 g/mol. The van der Waals surface area contributed by atoms with Gasteiger partial charge >= 0.3 is 5.97 Å². The van der Waals surface area contributed by atoms with Crippen LogP contribution in [-0.2, 0) is 11.2 Å². The lowest BCUT2D eigenvalue weighted by Gasteiger charge is -2.23. The molecule has 0 bridgehead atoms. The van der Waals surface area contributed by atoms with Gasteiger partial charge in [0.05, 0.1) is 11.7 Å². The molecule has 1 aromatic heterocycles. The summed E-state index contributed by atoms with van der Waals surface area (Å²) in [7, 11) is 0. The van der Waals surface area contributed by atoms with Crippen molar-refractivity contribution in [3.63, 3.8) is 0 Å². The first-order valence-electron chi connectivity index (χ1n) is 9.04. The van der Waals surface area contributed by atoms with Crippen LogP contribution in [0.1, 0.15) is 47.9 Å². The summed E-state index contributed by atoms with van der Waals surface area (Å²) in [5.41, 5.74) is 2.49. The summed E-state index contributed by atoms with van der Waals surface area (Å²) < 4.78 is 1.60. The highest BCUT2D eigenvalue weighted by atomic mass is 35.5. The van der Waals surface area contributed by atoms with Crippen molar-refractivity contribution in [3.8, 4) is 0 Å². The van der Waals surface area contributed by atoms with E-state index in [0.29, 0.717) is 29.3 Å². The molecule has 0 radical (unpaired) electrons. The number of allylic oxidation sites excluding steroid dienone is 1. The highest BCUT2D eigenvalue weighted by Gasteiger charge is 2.62. The van der Waals surface area contributed by atoms with E-state index in [1.54, 1.807) is 16.7 Å². The molecule has 27 heavy (non-hydrogen) atoms. The zero-order valence-corrected chi connectivity index (χ0v) is 15.2. The molecule has 0 spiro atoms. The number of hydrogen-bond acceptors (Lipinski definition) is 3. The van der Waals surface area contributed by atoms with Gasteiger partial charge < -0.3 is 5.11 Å². The Morgan fingerprint density at radius 1 is 1.30 bits per heavy atom. The fourth-order valence-electron chi connectivity index (χ4n) is 4.26. The van der Waals surface area contributed by atoms with E-state index in [0.717, 1.165) is 29.7 Å². The molecule has 5 nitrogen and oxygen atoms in total. The zero-order valence-electron chi connectivity index (χ0n) is 14.5. The minimum atomic E-state index is -0.927. The maximum Gasteiger partial charge on any atom is 0.315 e. The minimum Gasteiger partial charge on any atom is -0.481 e. The largest absolute Gasteiger partial charge is 0.481 e. The van der Waals surface area contributed by atoms with Crippen molar-refractivity contribution in [2.75, 3.05) is 0 Å². The second kappa shape index (κ2) is 5.67. The molecule has 2 atom stereocenters. The number of hydrogen-bond donors (Lipinski definition) is 1. The number of halogens is 1. The van der Waals surface area contributed by atoms with Gasteiger partial charge in [-0.1, -0.05) is 29.8 Å². The fourth-order valence-corrected chi connectivity index (χ4v) is 4.38. The fraction of sp³-hybridized carbons (Fsp3) is 0.286. The summed E-state index contributed by atoms with van der Waals surface area (Å²) in [6, 6.07) is 7.26. The molecule has 2 aliphatic carbocycles. The first kappa shape index (κ1) is 16.5. The second-order valence-corrected chi connectivity index (χ2v) is 7.88. The number of aromatic nitrogens is 2. The predicted octanol–water partition coefficient (Wildman–Crippen LogP) is 3.82. The smallest absolute Gasteiger partial charge is 0.315 e. The third kappa shape index (κ3) is 2.42. The van der Waals surface area contributed by atoms with Gasteiger partial charge in [0.2, 0.25) is 0 Å². The third-order valence-electron chi connectivity index (χ3n) is 5.83. The summed E-state index contributed by atoms with van der Waals surface area (Å²) in [6.07, 6.45) is 8.32. The molecule has 1 aliphatic heterocycles. The summed E-state index contributed by atoms with van der Waals surface area (Å²) in [4.78, 5) is 29.5. The number of aliphatic carboxylic acids is 1. The molecule has 1 saturated carbocycles. The Bertz CT molecular complexity index is 1100. The number of rotatable bonds is 2. The Morgan fingerprint density at radius 3 is 2.81 bits per heavy atom. The summed E-state index contributed by atoms with van der Waals surface area (Å²) in [5.74, 6) is -0.315. The van der Waals surface area contributed by atoms with Crippen molar-refractivity contribution in [1.29, 1.82) is 0 Å². The molecule has 1 N–H and O–H groups in total. The average Bonchev–Trinajstić information content (AvgIpc) is 3.41. The number of benzene rings is 1. The van der Waals surface area contributed by atoms with Crippen LogP contribution in [-0.4, -0.2) is 20.6 Å². The van der Waals surface area contributed by atoms with Crippen molar-refractivity contribution in [3.05, 3.63) is 68.4 Å². The van der Waals surface area contributed by atoms with Gasteiger partial charge in [-0.3, -0.25) is 14.2 Å². The van der Waals surface area contributed by atoms with Gasteiger partial charge in [-0.25, -0.2) is 4.98 Å². The van der Waals surface area contributed by atoms with Crippen molar-refractivity contribution < 1.29 is 9.90 Å². The Labute approximate surface area is 160 Å². The van der Waals surface area contributed by atoms with E-state index in [4.69, 9.17) is 16.6 Å². The summed E-state index contributed by atoms with van der Waals surface area (Å²) >= 11 is 5.96. The molecule has 0 amide bonds. The Balaban J connectivity index is 1.63. The molecule has 1 aromatic carbocycles. The van der Waals surface area contributed by atoms with Gasteiger partial charge in [0.25, 0.3) is 5.56 Å². The Morgan fingerprint density at radius 2 is 2.07 bits per heavy atom. The molecular weight excluding hydrogens is 364 g/mol. The minimum absolute atomic E-state index is 0.0887. The van der Waals surface area contributed by atoms with E-state index in [1.165, 1.54) is 0 Å². The van der Waals surface area contributed by atoms with E-state index in [2.05, 4.69) is 6.08 Å². The van der Waals surface area contributed by atoms with Gasteiger partial charge in [-0.15, -0.1) is 0 Å². The Kier molecular flexibility index (Phi) is 3.46. The van der Waals surface area contributed by atoms with Crippen LogP contribution in [0.4, 0.5) is 0 Å². The second-order valence-electron chi connectivity index (χ2n) is 7.45. The standard InChI is InChI=1S/C21H17ClN2O3/c22-14-6-4-12(5-7-14)10-13-2-1-3-15-18(13)23-17-8-9-21(20(26)27)11-16(21)24(17)19(15)25/h4-10,16H,1-3,11H2,(H,26,27). The first-order chi connectivity index (χ1) is 13.0. The SMILES string of the molecule is O=C(O)C12C=Cc3nc4c(c(=O)n3C1C2)CCCC4=Cc1ccc(Cl)cc1. The zero-order chi connectivity index (χ0) is 18.8. The molecule has 2 unspecified atom stereocenters. The van der Waals surface area contributed by atoms with Crippen molar-refractivity contribution in [1.82, 2.24) is 9.55 Å². The number of carboxylic acids is 1. The molecule has 5 rings (SSSR count). The van der Waals surface area contributed by atoms with E-state index in [1.807, 2.05) is 24.3 Å². The highest BCUT2D eigenvalue weighted by Crippen LogP contribution is 2.59. The van der Waals surface area contributed by atoms with Crippen LogP contribution in [0, 0.1) is 5.41 Å². The number of carboxylic acid groups (broad SMARTS) is 1. The topological polar surface area (TPSA) is 72.2 Å². The van der Waals surface area contributed by atoms with Crippen molar-refractivity contribution in [2.45, 2.75) is 31.7 Å².